The second-order valence-electron chi connectivity index (χ2n) is 42.1. The Bertz CT molecular complexity index is 1940. The molecule has 0 N–H and O–H groups in total. The molecule has 0 unspecified atom stereocenters. The molecule has 0 radical (unpaired) electrons. The number of hydrogen-bond acceptors (Lipinski definition) is 14. The Morgan fingerprint density at radius 3 is 0.840 bits per heavy atom. The van der Waals surface area contributed by atoms with Gasteiger partial charge in [-0.25, -0.2) is 0 Å². The molecule has 8 aliphatic heterocycles. The van der Waals surface area contributed by atoms with E-state index in [9.17, 15) is 0 Å². The van der Waals surface area contributed by atoms with Crippen molar-refractivity contribution in [1.29, 1.82) is 0 Å². The standard InChI is InChI=1S/C18H36N2.C17H35N3.C16H33N3.C15H32N2O.C14H30N2O/c1-17(2,3)11-15-7-9-20(10-8-15)16-12-19(13-16)14-18(4,5)6;1-16(2,3)13-18-7-9-20(10-8-18)15-11-19(12-15)14-17(4,5)6;1-15(2,3)13-17-11-14(12-17)18-7-9-19(10-8-18)16(4,5)6;1-14(2,3)13-18-12-11-16-7-9-17(10-8-16)15(4,5)6;1-13(2,3)16-9-7-15(8-10-16)11-12-17-14(4,5)6/h15-16H,7-14H2,1-6H3;15H,7-14H2,1-6H3;14H,7-13H2,1-6H3;7-13H2,1-6H3;7-12H2,1-6H3. The molecule has 8 heterocycles. The Kier molecular flexibility index (Phi) is 33.4. The molecule has 94 heavy (non-hydrogen) atoms. The summed E-state index contributed by atoms with van der Waals surface area (Å²) in [6.07, 6.45) is 4.25. The summed E-state index contributed by atoms with van der Waals surface area (Å²) in [4.78, 5) is 31.5. The molecular formula is C80H166N12O2. The molecule has 14 heteroatoms. The average molecular weight is 1330 g/mol. The van der Waals surface area contributed by atoms with Gasteiger partial charge in [0.05, 0.1) is 25.4 Å². The molecule has 0 amide bonds. The van der Waals surface area contributed by atoms with Gasteiger partial charge in [0.25, 0.3) is 0 Å². The molecule has 8 rings (SSSR count). The fourth-order valence-corrected chi connectivity index (χ4v) is 15.2. The lowest BCUT2D eigenvalue weighted by Gasteiger charge is -2.51. The number of piperazine rings is 4. The molecule has 0 aromatic rings. The molecule has 0 spiro atoms. The maximum Gasteiger partial charge on any atom is 0.0600 e. The monoisotopic (exact) mass is 1330 g/mol. The number of likely N-dealkylation sites (tertiary alicyclic amines) is 4. The zero-order valence-electron chi connectivity index (χ0n) is 68.9. The minimum atomic E-state index is -0.00671. The summed E-state index contributed by atoms with van der Waals surface area (Å²) in [5.74, 6) is 0.969. The smallest absolute Gasteiger partial charge is 0.0600 e. The van der Waals surface area contributed by atoms with Crippen molar-refractivity contribution in [2.45, 2.75) is 267 Å². The molecule has 8 fully saturated rings. The summed E-state index contributed by atoms with van der Waals surface area (Å²) in [5, 5.41) is 0. The van der Waals surface area contributed by atoms with Crippen molar-refractivity contribution in [2.24, 2.45) is 38.4 Å². The van der Waals surface area contributed by atoms with Gasteiger partial charge in [0, 0.05) is 218 Å². The first kappa shape index (κ1) is 85.8. The highest BCUT2D eigenvalue weighted by atomic mass is 16.5. The van der Waals surface area contributed by atoms with E-state index in [4.69, 9.17) is 9.47 Å². The predicted molar refractivity (Wildman–Crippen MR) is 409 cm³/mol. The summed E-state index contributed by atoms with van der Waals surface area (Å²) in [5.41, 5.74) is 3.51. The summed E-state index contributed by atoms with van der Waals surface area (Å²) < 4.78 is 11.5. The van der Waals surface area contributed by atoms with Gasteiger partial charge in [0.1, 0.15) is 0 Å². The van der Waals surface area contributed by atoms with Crippen LogP contribution in [0.4, 0.5) is 0 Å². The Balaban J connectivity index is 0.000000251. The lowest BCUT2D eigenvalue weighted by molar-refractivity contribution is -0.0234. The summed E-state index contributed by atoms with van der Waals surface area (Å²) in [6.45, 7) is 109. The van der Waals surface area contributed by atoms with Gasteiger partial charge in [-0.15, -0.1) is 0 Å². The number of ether oxygens (including phenoxy) is 2. The van der Waals surface area contributed by atoms with E-state index in [0.29, 0.717) is 43.7 Å². The van der Waals surface area contributed by atoms with Crippen molar-refractivity contribution in [3.05, 3.63) is 0 Å². The lowest BCUT2D eigenvalue weighted by atomic mass is 9.80. The van der Waals surface area contributed by atoms with Gasteiger partial charge in [-0.2, -0.15) is 0 Å². The highest BCUT2D eigenvalue weighted by Gasteiger charge is 2.39. The molecule has 0 bridgehead atoms. The molecule has 8 saturated heterocycles. The number of hydrogen-bond donors (Lipinski definition) is 0. The van der Waals surface area contributed by atoms with Gasteiger partial charge in [-0.1, -0.05) is 125 Å². The van der Waals surface area contributed by atoms with Gasteiger partial charge < -0.3 is 14.4 Å². The fourth-order valence-electron chi connectivity index (χ4n) is 15.2. The third kappa shape index (κ3) is 36.4. The maximum atomic E-state index is 5.77. The van der Waals surface area contributed by atoms with Crippen LogP contribution in [0.15, 0.2) is 0 Å². The van der Waals surface area contributed by atoms with Crippen molar-refractivity contribution in [1.82, 2.24) is 58.8 Å². The predicted octanol–water partition coefficient (Wildman–Crippen LogP) is 13.1. The van der Waals surface area contributed by atoms with Crippen LogP contribution in [-0.4, -0.2) is 315 Å². The summed E-state index contributed by atoms with van der Waals surface area (Å²) >= 11 is 0. The number of rotatable bonds is 15. The molecule has 0 aromatic carbocycles. The van der Waals surface area contributed by atoms with Crippen molar-refractivity contribution in [2.75, 3.05) is 216 Å². The van der Waals surface area contributed by atoms with E-state index >= 15 is 0 Å². The van der Waals surface area contributed by atoms with Crippen molar-refractivity contribution in [3.63, 3.8) is 0 Å². The minimum absolute atomic E-state index is 0.00671. The normalized spacial score (nSPS) is 23.4. The highest BCUT2D eigenvalue weighted by Crippen LogP contribution is 2.34. The van der Waals surface area contributed by atoms with Crippen LogP contribution >= 0.6 is 0 Å². The molecule has 0 aromatic heterocycles. The van der Waals surface area contributed by atoms with Crippen molar-refractivity contribution >= 4 is 0 Å². The summed E-state index contributed by atoms with van der Waals surface area (Å²) in [7, 11) is 0. The van der Waals surface area contributed by atoms with Crippen LogP contribution in [0.2, 0.25) is 0 Å². The quantitative estimate of drug-likeness (QED) is 0.146. The first-order chi connectivity index (χ1) is 42.8. The van der Waals surface area contributed by atoms with Gasteiger partial charge >= 0.3 is 0 Å². The van der Waals surface area contributed by atoms with Crippen molar-refractivity contribution in [3.8, 4) is 0 Å². The largest absolute Gasteiger partial charge is 0.380 e. The maximum absolute atomic E-state index is 5.77. The molecular weight excluding hydrogens is 1160 g/mol. The SMILES string of the molecule is CC(C)(C)CC1CCN(C2CN(CC(C)(C)C)C2)CC1.CC(C)(C)CN1CC(N2CCN(C(C)(C)C)CC2)C1.CC(C)(C)CN1CCN(C2CN(CC(C)(C)C)C2)CC1.CC(C)(C)COCCN1CCN(C(C)(C)C)CC1.CC(C)(C)OCCN1CCN(C(C)(C)C)CC1. The second-order valence-corrected chi connectivity index (χ2v) is 42.1. The third-order valence-electron chi connectivity index (χ3n) is 20.0. The first-order valence-corrected chi connectivity index (χ1v) is 38.8. The Morgan fingerprint density at radius 2 is 0.553 bits per heavy atom. The molecule has 14 nitrogen and oxygen atoms in total. The summed E-state index contributed by atoms with van der Waals surface area (Å²) in [6, 6.07) is 2.51. The second kappa shape index (κ2) is 36.5. The van der Waals surface area contributed by atoms with E-state index in [1.165, 1.54) is 203 Å². The molecule has 0 aliphatic carbocycles. The van der Waals surface area contributed by atoms with E-state index in [1.807, 2.05) is 0 Å². The van der Waals surface area contributed by atoms with Crippen LogP contribution < -0.4 is 0 Å². The van der Waals surface area contributed by atoms with Gasteiger partial charge in [-0.05, 0) is 154 Å². The molecule has 558 valence electrons. The average Bonchev–Trinajstić information content (AvgIpc) is 0.825. The van der Waals surface area contributed by atoms with Crippen molar-refractivity contribution < 1.29 is 9.47 Å². The van der Waals surface area contributed by atoms with Gasteiger partial charge in [0.2, 0.25) is 0 Å². The minimum Gasteiger partial charge on any atom is -0.380 e. The molecule has 0 saturated carbocycles. The van der Waals surface area contributed by atoms with Gasteiger partial charge in [0.15, 0.2) is 0 Å². The third-order valence-corrected chi connectivity index (χ3v) is 20.0. The zero-order chi connectivity index (χ0) is 71.1. The molecule has 0 atom stereocenters. The van der Waals surface area contributed by atoms with Gasteiger partial charge in [-0.3, -0.25) is 53.9 Å². The Hall–Kier alpha value is -0.560. The molecule has 8 aliphatic rings. The number of nitrogens with zero attached hydrogens (tertiary/aromatic N) is 12. The van der Waals surface area contributed by atoms with Crippen LogP contribution in [0, 0.1) is 38.4 Å². The highest BCUT2D eigenvalue weighted by molar-refractivity contribution is 4.96. The topological polar surface area (TPSA) is 57.3 Å². The van der Waals surface area contributed by atoms with E-state index in [0.717, 1.165) is 57.0 Å². The van der Waals surface area contributed by atoms with E-state index in [1.54, 1.807) is 0 Å². The Labute approximate surface area is 587 Å². The van der Waals surface area contributed by atoms with Crippen LogP contribution in [-0.2, 0) is 9.47 Å². The van der Waals surface area contributed by atoms with Crippen LogP contribution in [0.3, 0.4) is 0 Å². The van der Waals surface area contributed by atoms with Crippen LogP contribution in [0.5, 0.6) is 0 Å². The van der Waals surface area contributed by atoms with E-state index in [-0.39, 0.29) is 11.0 Å². The van der Waals surface area contributed by atoms with Crippen LogP contribution in [0.25, 0.3) is 0 Å². The van der Waals surface area contributed by atoms with Crippen LogP contribution in [0.1, 0.15) is 227 Å². The lowest BCUT2D eigenvalue weighted by Crippen LogP contribution is -2.65. The zero-order valence-corrected chi connectivity index (χ0v) is 68.9. The number of piperidine rings is 1. The van der Waals surface area contributed by atoms with E-state index in [2.05, 4.69) is 267 Å². The first-order valence-electron chi connectivity index (χ1n) is 38.8. The Morgan fingerprint density at radius 1 is 0.277 bits per heavy atom. The van der Waals surface area contributed by atoms with E-state index < -0.39 is 0 Å². The fraction of sp³-hybridized carbons (Fsp3) is 1.00.